The Morgan fingerprint density at radius 1 is 1.28 bits per heavy atom. The first-order valence-electron chi connectivity index (χ1n) is 6.31. The molecule has 0 fully saturated rings. The lowest BCUT2D eigenvalue weighted by Crippen LogP contribution is -2.04. The maximum absolute atomic E-state index is 4.40. The third-order valence-electron chi connectivity index (χ3n) is 2.64. The van der Waals surface area contributed by atoms with Crippen LogP contribution in [0.15, 0.2) is 24.8 Å². The first-order chi connectivity index (χ1) is 8.72. The van der Waals surface area contributed by atoms with Crippen LogP contribution in [0.5, 0.6) is 0 Å². The van der Waals surface area contributed by atoms with Gasteiger partial charge in [0.05, 0.1) is 6.20 Å². The van der Waals surface area contributed by atoms with E-state index in [0.29, 0.717) is 6.04 Å². The summed E-state index contributed by atoms with van der Waals surface area (Å²) in [6.45, 7) is 7.22. The lowest BCUT2D eigenvalue weighted by atomic mass is 10.2. The highest BCUT2D eigenvalue weighted by Crippen LogP contribution is 2.23. The zero-order valence-corrected chi connectivity index (χ0v) is 11.1. The van der Waals surface area contributed by atoms with E-state index in [9.17, 15) is 0 Å². The van der Waals surface area contributed by atoms with Gasteiger partial charge >= 0.3 is 0 Å². The second-order valence-corrected chi connectivity index (χ2v) is 4.48. The molecule has 0 saturated heterocycles. The molecule has 0 bridgehead atoms. The number of rotatable bonds is 5. The topological polar surface area (TPSA) is 55.6 Å². The molecule has 0 atom stereocenters. The molecule has 18 heavy (non-hydrogen) atoms. The molecule has 0 radical (unpaired) electrons. The fourth-order valence-corrected chi connectivity index (χ4v) is 1.66. The van der Waals surface area contributed by atoms with Crippen molar-refractivity contribution in [1.29, 1.82) is 0 Å². The average molecular weight is 245 g/mol. The van der Waals surface area contributed by atoms with E-state index in [1.165, 1.54) is 0 Å². The van der Waals surface area contributed by atoms with E-state index in [1.807, 2.05) is 17.1 Å². The van der Waals surface area contributed by atoms with E-state index < -0.39 is 0 Å². The normalized spacial score (nSPS) is 10.9. The summed E-state index contributed by atoms with van der Waals surface area (Å²) in [6, 6.07) is 0.350. The van der Waals surface area contributed by atoms with E-state index in [1.54, 1.807) is 12.4 Å². The third kappa shape index (κ3) is 2.67. The van der Waals surface area contributed by atoms with Gasteiger partial charge in [0.2, 0.25) is 0 Å². The molecule has 0 aliphatic heterocycles. The number of nitrogens with one attached hydrogen (secondary N) is 1. The van der Waals surface area contributed by atoms with E-state index in [-0.39, 0.29) is 0 Å². The highest BCUT2D eigenvalue weighted by molar-refractivity contribution is 5.69. The van der Waals surface area contributed by atoms with Crippen LogP contribution in [0.2, 0.25) is 0 Å². The second kappa shape index (κ2) is 5.62. The summed E-state index contributed by atoms with van der Waals surface area (Å²) in [5.41, 5.74) is 1.85. The van der Waals surface area contributed by atoms with Gasteiger partial charge in [-0.25, -0.2) is 4.98 Å². The molecule has 0 aromatic carbocycles. The Morgan fingerprint density at radius 2 is 2.06 bits per heavy atom. The van der Waals surface area contributed by atoms with Crippen molar-refractivity contribution in [3.63, 3.8) is 0 Å². The lowest BCUT2D eigenvalue weighted by Gasteiger charge is -2.07. The Labute approximate surface area is 107 Å². The predicted molar refractivity (Wildman–Crippen MR) is 72.4 cm³/mol. The highest BCUT2D eigenvalue weighted by atomic mass is 15.3. The molecule has 0 unspecified atom stereocenters. The molecule has 1 N–H and O–H groups in total. The molecule has 2 heterocycles. The fourth-order valence-electron chi connectivity index (χ4n) is 1.66. The van der Waals surface area contributed by atoms with Gasteiger partial charge in [-0.15, -0.1) is 0 Å². The number of hydrogen-bond donors (Lipinski definition) is 1. The number of aromatic nitrogens is 4. The minimum absolute atomic E-state index is 0.350. The van der Waals surface area contributed by atoms with Gasteiger partial charge < -0.3 is 5.32 Å². The lowest BCUT2D eigenvalue weighted by molar-refractivity contribution is 0.532. The van der Waals surface area contributed by atoms with Gasteiger partial charge in [-0.1, -0.05) is 6.92 Å². The molecule has 0 spiro atoms. The number of hydrogen-bond acceptors (Lipinski definition) is 4. The molecule has 0 amide bonds. The van der Waals surface area contributed by atoms with Gasteiger partial charge in [0.15, 0.2) is 5.82 Å². The zero-order chi connectivity index (χ0) is 13.0. The molecular formula is C13H19N5. The van der Waals surface area contributed by atoms with Gasteiger partial charge in [0, 0.05) is 36.7 Å². The van der Waals surface area contributed by atoms with E-state index in [2.05, 4.69) is 41.2 Å². The van der Waals surface area contributed by atoms with E-state index in [4.69, 9.17) is 0 Å². The van der Waals surface area contributed by atoms with E-state index >= 15 is 0 Å². The van der Waals surface area contributed by atoms with Crippen LogP contribution in [0, 0.1) is 0 Å². The highest BCUT2D eigenvalue weighted by Gasteiger charge is 2.10. The summed E-state index contributed by atoms with van der Waals surface area (Å²) in [5, 5.41) is 7.62. The average Bonchev–Trinajstić information content (AvgIpc) is 2.86. The summed E-state index contributed by atoms with van der Waals surface area (Å²) in [6.07, 6.45) is 8.31. The standard InChI is InChI=1S/C13H19N5/c1-4-5-15-13-12(14-6-7-16-13)11-8-17-18(9-11)10(2)3/h6-10H,4-5H2,1-3H3,(H,15,16). The summed E-state index contributed by atoms with van der Waals surface area (Å²) < 4.78 is 1.92. The summed E-state index contributed by atoms with van der Waals surface area (Å²) in [4.78, 5) is 8.73. The van der Waals surface area contributed by atoms with Crippen LogP contribution in [0.1, 0.15) is 33.2 Å². The minimum atomic E-state index is 0.350. The van der Waals surface area contributed by atoms with Crippen molar-refractivity contribution in [2.75, 3.05) is 11.9 Å². The Bertz CT molecular complexity index is 504. The second-order valence-electron chi connectivity index (χ2n) is 4.48. The molecule has 0 aliphatic rings. The van der Waals surface area contributed by atoms with Crippen LogP contribution in [-0.2, 0) is 0 Å². The zero-order valence-electron chi connectivity index (χ0n) is 11.1. The molecule has 0 aliphatic carbocycles. The van der Waals surface area contributed by atoms with Crippen molar-refractivity contribution in [1.82, 2.24) is 19.7 Å². The smallest absolute Gasteiger partial charge is 0.152 e. The molecule has 0 saturated carbocycles. The minimum Gasteiger partial charge on any atom is -0.368 e. The monoisotopic (exact) mass is 245 g/mol. The largest absolute Gasteiger partial charge is 0.368 e. The number of nitrogens with zero attached hydrogens (tertiary/aromatic N) is 4. The van der Waals surface area contributed by atoms with Crippen LogP contribution in [0.4, 0.5) is 5.82 Å². The van der Waals surface area contributed by atoms with Crippen molar-refractivity contribution in [3.8, 4) is 11.3 Å². The number of anilines is 1. The van der Waals surface area contributed by atoms with Crippen molar-refractivity contribution < 1.29 is 0 Å². The third-order valence-corrected chi connectivity index (χ3v) is 2.64. The van der Waals surface area contributed by atoms with Crippen LogP contribution >= 0.6 is 0 Å². The quantitative estimate of drug-likeness (QED) is 0.880. The van der Waals surface area contributed by atoms with Crippen molar-refractivity contribution in [3.05, 3.63) is 24.8 Å². The van der Waals surface area contributed by atoms with Crippen molar-refractivity contribution in [2.24, 2.45) is 0 Å². The molecule has 2 aromatic heterocycles. The van der Waals surface area contributed by atoms with Crippen molar-refractivity contribution >= 4 is 5.82 Å². The SMILES string of the molecule is CCCNc1nccnc1-c1cnn(C(C)C)c1. The van der Waals surface area contributed by atoms with Crippen LogP contribution in [0.25, 0.3) is 11.3 Å². The fraction of sp³-hybridized carbons (Fsp3) is 0.462. The van der Waals surface area contributed by atoms with Gasteiger partial charge in [-0.05, 0) is 20.3 Å². The van der Waals surface area contributed by atoms with E-state index in [0.717, 1.165) is 30.0 Å². The van der Waals surface area contributed by atoms with Crippen molar-refractivity contribution in [2.45, 2.75) is 33.2 Å². The Balaban J connectivity index is 2.30. The van der Waals surface area contributed by atoms with Gasteiger partial charge in [-0.3, -0.25) is 9.67 Å². The Morgan fingerprint density at radius 3 is 2.72 bits per heavy atom. The summed E-state index contributed by atoms with van der Waals surface area (Å²) in [5.74, 6) is 0.822. The molecule has 5 nitrogen and oxygen atoms in total. The van der Waals surface area contributed by atoms with Gasteiger partial charge in [0.1, 0.15) is 5.69 Å². The van der Waals surface area contributed by atoms with Gasteiger partial charge in [-0.2, -0.15) is 5.10 Å². The van der Waals surface area contributed by atoms with Crippen LogP contribution < -0.4 is 5.32 Å². The molecular weight excluding hydrogens is 226 g/mol. The summed E-state index contributed by atoms with van der Waals surface area (Å²) in [7, 11) is 0. The van der Waals surface area contributed by atoms with Crippen LogP contribution in [0.3, 0.4) is 0 Å². The van der Waals surface area contributed by atoms with Crippen LogP contribution in [-0.4, -0.2) is 26.3 Å². The molecule has 96 valence electrons. The molecule has 5 heteroatoms. The maximum Gasteiger partial charge on any atom is 0.152 e. The van der Waals surface area contributed by atoms with Gasteiger partial charge in [0.25, 0.3) is 0 Å². The Hall–Kier alpha value is -1.91. The maximum atomic E-state index is 4.40. The molecule has 2 aromatic rings. The first kappa shape index (κ1) is 12.5. The predicted octanol–water partition coefficient (Wildman–Crippen LogP) is 2.74. The summed E-state index contributed by atoms with van der Waals surface area (Å²) >= 11 is 0. The first-order valence-corrected chi connectivity index (χ1v) is 6.31. The Kier molecular flexibility index (Phi) is 3.92. The molecule has 2 rings (SSSR count).